The Morgan fingerprint density at radius 2 is 2.17 bits per heavy atom. The van der Waals surface area contributed by atoms with Crippen molar-refractivity contribution in [1.29, 1.82) is 0 Å². The lowest BCUT2D eigenvalue weighted by Gasteiger charge is -2.18. The van der Waals surface area contributed by atoms with E-state index in [-0.39, 0.29) is 11.7 Å². The zero-order chi connectivity index (χ0) is 13.1. The number of imidazole rings is 1. The third kappa shape index (κ3) is 2.40. The molecule has 2 rings (SSSR count). The molecule has 0 aliphatic heterocycles. The number of aryl methyl sites for hydroxylation is 1. The first-order valence-corrected chi connectivity index (χ1v) is 5.58. The zero-order valence-electron chi connectivity index (χ0n) is 10.2. The Labute approximate surface area is 104 Å². The van der Waals surface area contributed by atoms with E-state index < -0.39 is 6.04 Å². The molecule has 1 aromatic carbocycles. The molecule has 0 fully saturated rings. The van der Waals surface area contributed by atoms with Crippen molar-refractivity contribution in [3.63, 3.8) is 0 Å². The van der Waals surface area contributed by atoms with Gasteiger partial charge in [-0.3, -0.25) is 4.79 Å². The van der Waals surface area contributed by atoms with Crippen molar-refractivity contribution in [2.75, 3.05) is 0 Å². The van der Waals surface area contributed by atoms with Crippen LogP contribution in [-0.4, -0.2) is 15.5 Å². The Morgan fingerprint density at radius 1 is 1.44 bits per heavy atom. The fraction of sp³-hybridized carbons (Fsp3) is 0.231. The lowest BCUT2D eigenvalue weighted by atomic mass is 10.1. The highest BCUT2D eigenvalue weighted by Gasteiger charge is 2.21. The molecule has 0 saturated heterocycles. The molecule has 5 heteroatoms. The fourth-order valence-electron chi connectivity index (χ4n) is 1.85. The first kappa shape index (κ1) is 12.3. The Kier molecular flexibility index (Phi) is 3.41. The first-order chi connectivity index (χ1) is 8.59. The summed E-state index contributed by atoms with van der Waals surface area (Å²) in [4.78, 5) is 15.4. The van der Waals surface area contributed by atoms with Crippen LogP contribution in [0.25, 0.3) is 0 Å². The molecule has 94 valence electrons. The minimum atomic E-state index is -0.580. The minimum absolute atomic E-state index is 0.230. The number of nitrogens with one attached hydrogen (secondary N) is 1. The zero-order valence-corrected chi connectivity index (χ0v) is 10.2. The summed E-state index contributed by atoms with van der Waals surface area (Å²) >= 11 is 0. The number of aromatic nitrogens is 2. The van der Waals surface area contributed by atoms with Crippen molar-refractivity contribution >= 4 is 5.91 Å². The number of carbonyl (C=O) groups is 1. The molecule has 0 bridgehead atoms. The molecule has 2 aromatic rings. The number of hydrogen-bond acceptors (Lipinski definition) is 2. The summed E-state index contributed by atoms with van der Waals surface area (Å²) in [5.41, 5.74) is 0.405. The quantitative estimate of drug-likeness (QED) is 0.898. The van der Waals surface area contributed by atoms with Crippen molar-refractivity contribution in [2.45, 2.75) is 13.0 Å². The second-order valence-electron chi connectivity index (χ2n) is 4.05. The Hall–Kier alpha value is -2.17. The summed E-state index contributed by atoms with van der Waals surface area (Å²) < 4.78 is 15.6. The Bertz CT molecular complexity index is 565. The van der Waals surface area contributed by atoms with Crippen LogP contribution in [0.5, 0.6) is 0 Å². The topological polar surface area (TPSA) is 46.9 Å². The fourth-order valence-corrected chi connectivity index (χ4v) is 1.85. The van der Waals surface area contributed by atoms with E-state index in [9.17, 15) is 9.18 Å². The van der Waals surface area contributed by atoms with Crippen LogP contribution in [0.15, 0.2) is 36.7 Å². The highest BCUT2D eigenvalue weighted by Crippen LogP contribution is 2.22. The monoisotopic (exact) mass is 247 g/mol. The number of benzene rings is 1. The second kappa shape index (κ2) is 5.00. The number of halogens is 1. The van der Waals surface area contributed by atoms with Gasteiger partial charge in [-0.05, 0) is 6.07 Å². The van der Waals surface area contributed by atoms with Crippen LogP contribution in [0.4, 0.5) is 4.39 Å². The van der Waals surface area contributed by atoms with Crippen LogP contribution in [0.1, 0.15) is 24.4 Å². The summed E-state index contributed by atoms with van der Waals surface area (Å²) in [7, 11) is 1.80. The van der Waals surface area contributed by atoms with E-state index in [0.29, 0.717) is 11.4 Å². The molecule has 1 N–H and O–H groups in total. The minimum Gasteiger partial charge on any atom is -0.342 e. The Morgan fingerprint density at radius 3 is 2.72 bits per heavy atom. The van der Waals surface area contributed by atoms with Crippen molar-refractivity contribution < 1.29 is 9.18 Å². The number of nitrogens with zero attached hydrogens (tertiary/aromatic N) is 2. The molecule has 1 atom stereocenters. The first-order valence-electron chi connectivity index (χ1n) is 5.58. The standard InChI is InChI=1S/C13H14FN3O/c1-9(18)16-12(13-15-7-8-17(13)2)10-5-3-4-6-11(10)14/h3-8,12H,1-2H3,(H,16,18). The molecule has 18 heavy (non-hydrogen) atoms. The normalized spacial score (nSPS) is 12.2. The van der Waals surface area contributed by atoms with E-state index in [4.69, 9.17) is 0 Å². The number of rotatable bonds is 3. The molecule has 1 heterocycles. The lowest BCUT2D eigenvalue weighted by molar-refractivity contribution is -0.119. The van der Waals surface area contributed by atoms with Gasteiger partial charge >= 0.3 is 0 Å². The van der Waals surface area contributed by atoms with Crippen molar-refractivity contribution in [3.05, 3.63) is 53.9 Å². The molecule has 1 unspecified atom stereocenters. The number of hydrogen-bond donors (Lipinski definition) is 1. The summed E-state index contributed by atoms with van der Waals surface area (Å²) in [5.74, 6) is 0.000744. The molecule has 1 amide bonds. The highest BCUT2D eigenvalue weighted by molar-refractivity contribution is 5.73. The van der Waals surface area contributed by atoms with E-state index in [0.717, 1.165) is 0 Å². The maximum atomic E-state index is 13.8. The highest BCUT2D eigenvalue weighted by atomic mass is 19.1. The maximum Gasteiger partial charge on any atom is 0.217 e. The Balaban J connectivity index is 2.47. The lowest BCUT2D eigenvalue weighted by Crippen LogP contribution is -2.29. The molecule has 0 radical (unpaired) electrons. The molecular weight excluding hydrogens is 233 g/mol. The molecule has 1 aromatic heterocycles. The summed E-state index contributed by atoms with van der Waals surface area (Å²) in [6.07, 6.45) is 3.37. The van der Waals surface area contributed by atoms with Crippen molar-refractivity contribution in [2.24, 2.45) is 7.05 Å². The third-order valence-corrected chi connectivity index (χ3v) is 2.68. The van der Waals surface area contributed by atoms with E-state index in [2.05, 4.69) is 10.3 Å². The van der Waals surface area contributed by atoms with Crippen LogP contribution >= 0.6 is 0 Å². The largest absolute Gasteiger partial charge is 0.342 e. The van der Waals surface area contributed by atoms with E-state index >= 15 is 0 Å². The van der Waals surface area contributed by atoms with Gasteiger partial charge in [-0.2, -0.15) is 0 Å². The predicted octanol–water partition coefficient (Wildman–Crippen LogP) is 1.78. The van der Waals surface area contributed by atoms with E-state index in [1.54, 1.807) is 42.2 Å². The summed E-state index contributed by atoms with van der Waals surface area (Å²) in [6.45, 7) is 1.40. The molecule has 0 spiro atoms. The van der Waals surface area contributed by atoms with Gasteiger partial charge in [0.2, 0.25) is 5.91 Å². The SMILES string of the molecule is CC(=O)NC(c1ccccc1F)c1nccn1C. The van der Waals surface area contributed by atoms with Gasteiger partial charge in [0, 0.05) is 31.9 Å². The van der Waals surface area contributed by atoms with Crippen LogP contribution in [0.2, 0.25) is 0 Å². The van der Waals surface area contributed by atoms with Gasteiger partial charge < -0.3 is 9.88 Å². The molecular formula is C13H14FN3O. The predicted molar refractivity (Wildman–Crippen MR) is 65.3 cm³/mol. The van der Waals surface area contributed by atoms with Gasteiger partial charge in [0.05, 0.1) is 0 Å². The second-order valence-corrected chi connectivity index (χ2v) is 4.05. The smallest absolute Gasteiger partial charge is 0.217 e. The van der Waals surface area contributed by atoms with E-state index in [1.165, 1.54) is 13.0 Å². The van der Waals surface area contributed by atoms with Gasteiger partial charge in [-0.15, -0.1) is 0 Å². The molecule has 4 nitrogen and oxygen atoms in total. The third-order valence-electron chi connectivity index (χ3n) is 2.68. The number of amides is 1. The van der Waals surface area contributed by atoms with Gasteiger partial charge in [0.25, 0.3) is 0 Å². The average Bonchev–Trinajstić information content (AvgIpc) is 2.73. The van der Waals surface area contributed by atoms with Gasteiger partial charge in [-0.25, -0.2) is 9.37 Å². The summed E-state index contributed by atoms with van der Waals surface area (Å²) in [6, 6.07) is 5.78. The molecule has 0 aliphatic rings. The van der Waals surface area contributed by atoms with Crippen LogP contribution in [-0.2, 0) is 11.8 Å². The van der Waals surface area contributed by atoms with Crippen molar-refractivity contribution in [1.82, 2.24) is 14.9 Å². The van der Waals surface area contributed by atoms with E-state index in [1.807, 2.05) is 0 Å². The van der Waals surface area contributed by atoms with Gasteiger partial charge in [0.15, 0.2) is 0 Å². The number of carbonyl (C=O) groups excluding carboxylic acids is 1. The molecule has 0 saturated carbocycles. The maximum absolute atomic E-state index is 13.8. The molecule has 0 aliphatic carbocycles. The van der Waals surface area contributed by atoms with Crippen LogP contribution in [0, 0.1) is 5.82 Å². The van der Waals surface area contributed by atoms with Gasteiger partial charge in [0.1, 0.15) is 17.7 Å². The van der Waals surface area contributed by atoms with Crippen molar-refractivity contribution in [3.8, 4) is 0 Å². The average molecular weight is 247 g/mol. The van der Waals surface area contributed by atoms with Crippen LogP contribution in [0.3, 0.4) is 0 Å². The summed E-state index contributed by atoms with van der Waals surface area (Å²) in [5, 5.41) is 2.72. The van der Waals surface area contributed by atoms with Gasteiger partial charge in [-0.1, -0.05) is 18.2 Å². The van der Waals surface area contributed by atoms with Crippen LogP contribution < -0.4 is 5.32 Å².